The Morgan fingerprint density at radius 1 is 1.13 bits per heavy atom. The van der Waals surface area contributed by atoms with Crippen LogP contribution in [0.3, 0.4) is 0 Å². The summed E-state index contributed by atoms with van der Waals surface area (Å²) < 4.78 is 10.6. The van der Waals surface area contributed by atoms with Gasteiger partial charge in [-0.05, 0) is 18.6 Å². The van der Waals surface area contributed by atoms with Crippen LogP contribution in [0.15, 0.2) is 24.3 Å². The van der Waals surface area contributed by atoms with Gasteiger partial charge in [-0.1, -0.05) is 12.1 Å². The Morgan fingerprint density at radius 3 is 2.35 bits per heavy atom. The van der Waals surface area contributed by atoms with E-state index in [-0.39, 0.29) is 37.2 Å². The molecule has 2 aliphatic rings. The summed E-state index contributed by atoms with van der Waals surface area (Å²) in [5.41, 5.74) is 0.820. The van der Waals surface area contributed by atoms with Gasteiger partial charge in [-0.2, -0.15) is 0 Å². The molecule has 23 heavy (non-hydrogen) atoms. The van der Waals surface area contributed by atoms with Crippen molar-refractivity contribution < 1.29 is 23.9 Å². The van der Waals surface area contributed by atoms with Crippen LogP contribution in [0.2, 0.25) is 0 Å². The summed E-state index contributed by atoms with van der Waals surface area (Å²) in [5, 5.41) is 2.68. The van der Waals surface area contributed by atoms with E-state index in [1.165, 1.54) is 0 Å². The smallest absolute Gasteiger partial charge is 0.261 e. The molecule has 7 heteroatoms. The molecule has 0 radical (unpaired) electrons. The van der Waals surface area contributed by atoms with E-state index in [0.29, 0.717) is 24.3 Å². The SMILES string of the molecule is O=C(CC1OCCCO1)NCCN1C(=O)c2ccccc2C1=O. The minimum atomic E-state index is -0.511. The van der Waals surface area contributed by atoms with Crippen LogP contribution in [0.1, 0.15) is 33.6 Å². The van der Waals surface area contributed by atoms with Gasteiger partial charge in [-0.25, -0.2) is 0 Å². The maximum atomic E-state index is 12.2. The molecule has 0 spiro atoms. The van der Waals surface area contributed by atoms with Gasteiger partial charge in [0.2, 0.25) is 5.91 Å². The van der Waals surface area contributed by atoms with Crippen LogP contribution >= 0.6 is 0 Å². The molecule has 1 N–H and O–H groups in total. The summed E-state index contributed by atoms with van der Waals surface area (Å²) in [6, 6.07) is 6.71. The van der Waals surface area contributed by atoms with Crippen molar-refractivity contribution >= 4 is 17.7 Å². The van der Waals surface area contributed by atoms with Gasteiger partial charge in [0, 0.05) is 13.1 Å². The van der Waals surface area contributed by atoms with E-state index in [1.807, 2.05) is 0 Å². The van der Waals surface area contributed by atoms with Gasteiger partial charge in [0.1, 0.15) is 0 Å². The van der Waals surface area contributed by atoms with Crippen LogP contribution in [0.25, 0.3) is 0 Å². The van der Waals surface area contributed by atoms with Crippen molar-refractivity contribution in [2.24, 2.45) is 0 Å². The maximum Gasteiger partial charge on any atom is 0.261 e. The van der Waals surface area contributed by atoms with Crippen molar-refractivity contribution in [3.8, 4) is 0 Å². The Bertz CT molecular complexity index is 590. The molecule has 1 aromatic rings. The van der Waals surface area contributed by atoms with Crippen LogP contribution in [-0.2, 0) is 14.3 Å². The Kier molecular flexibility index (Phi) is 4.68. The molecule has 122 valence electrons. The van der Waals surface area contributed by atoms with E-state index < -0.39 is 6.29 Å². The van der Waals surface area contributed by atoms with Gasteiger partial charge in [0.25, 0.3) is 11.8 Å². The summed E-state index contributed by atoms with van der Waals surface area (Å²) in [7, 11) is 0. The molecular weight excluding hydrogens is 300 g/mol. The molecule has 2 heterocycles. The number of carbonyl (C=O) groups excluding carboxylic acids is 3. The number of carbonyl (C=O) groups is 3. The second-order valence-corrected chi connectivity index (χ2v) is 5.39. The average Bonchev–Trinajstić information content (AvgIpc) is 2.81. The van der Waals surface area contributed by atoms with Crippen LogP contribution in [0.4, 0.5) is 0 Å². The zero-order valence-electron chi connectivity index (χ0n) is 12.6. The van der Waals surface area contributed by atoms with Gasteiger partial charge < -0.3 is 14.8 Å². The van der Waals surface area contributed by atoms with E-state index in [2.05, 4.69) is 5.32 Å². The Labute approximate surface area is 133 Å². The van der Waals surface area contributed by atoms with Crippen molar-refractivity contribution in [2.75, 3.05) is 26.3 Å². The Hall–Kier alpha value is -2.25. The lowest BCUT2D eigenvalue weighted by Gasteiger charge is -2.22. The predicted molar refractivity (Wildman–Crippen MR) is 79.7 cm³/mol. The molecular formula is C16H18N2O5. The lowest BCUT2D eigenvalue weighted by Crippen LogP contribution is -2.39. The molecule has 0 aromatic heterocycles. The molecule has 7 nitrogen and oxygen atoms in total. The van der Waals surface area contributed by atoms with Gasteiger partial charge >= 0.3 is 0 Å². The first-order chi connectivity index (χ1) is 11.2. The number of hydrogen-bond acceptors (Lipinski definition) is 5. The number of benzene rings is 1. The first-order valence-corrected chi connectivity index (χ1v) is 7.62. The molecule has 0 saturated carbocycles. The van der Waals surface area contributed by atoms with Crippen LogP contribution in [-0.4, -0.2) is 55.2 Å². The fourth-order valence-electron chi connectivity index (χ4n) is 2.63. The van der Waals surface area contributed by atoms with E-state index in [1.54, 1.807) is 24.3 Å². The maximum absolute atomic E-state index is 12.2. The van der Waals surface area contributed by atoms with Crippen LogP contribution in [0, 0.1) is 0 Å². The first-order valence-electron chi connectivity index (χ1n) is 7.62. The zero-order chi connectivity index (χ0) is 16.2. The molecule has 1 saturated heterocycles. The molecule has 1 fully saturated rings. The molecule has 0 unspecified atom stereocenters. The van der Waals surface area contributed by atoms with Crippen molar-refractivity contribution in [2.45, 2.75) is 19.1 Å². The summed E-state index contributed by atoms with van der Waals surface area (Å²) >= 11 is 0. The number of nitrogens with zero attached hydrogens (tertiary/aromatic N) is 1. The standard InChI is InChI=1S/C16H18N2O5/c19-13(10-14-22-8-3-9-23-14)17-6-7-18-15(20)11-4-1-2-5-12(11)16(18)21/h1-2,4-5,14H,3,6-10H2,(H,17,19). The molecule has 2 aliphatic heterocycles. The van der Waals surface area contributed by atoms with Crippen LogP contribution in [0.5, 0.6) is 0 Å². The van der Waals surface area contributed by atoms with Gasteiger partial charge in [0.05, 0.1) is 30.8 Å². The van der Waals surface area contributed by atoms with Gasteiger partial charge in [-0.3, -0.25) is 19.3 Å². The van der Waals surface area contributed by atoms with Crippen molar-refractivity contribution in [3.05, 3.63) is 35.4 Å². The molecule has 0 atom stereocenters. The summed E-state index contributed by atoms with van der Waals surface area (Å²) in [6.45, 7) is 1.53. The monoisotopic (exact) mass is 318 g/mol. The largest absolute Gasteiger partial charge is 0.354 e. The minimum absolute atomic E-state index is 0.113. The molecule has 0 aliphatic carbocycles. The normalized spacial score (nSPS) is 18.2. The number of fused-ring (bicyclic) bond motifs is 1. The number of imide groups is 1. The first kappa shape index (κ1) is 15.6. The second kappa shape index (κ2) is 6.89. The summed E-state index contributed by atoms with van der Waals surface area (Å²) in [4.78, 5) is 37.3. The summed E-state index contributed by atoms with van der Waals surface area (Å²) in [6.07, 6.45) is 0.433. The van der Waals surface area contributed by atoms with E-state index in [0.717, 1.165) is 11.3 Å². The predicted octanol–water partition coefficient (Wildman–Crippen LogP) is 0.552. The highest BCUT2D eigenvalue weighted by molar-refractivity contribution is 6.21. The van der Waals surface area contributed by atoms with Gasteiger partial charge in [-0.15, -0.1) is 0 Å². The lowest BCUT2D eigenvalue weighted by molar-refractivity contribution is -0.183. The number of rotatable bonds is 5. The highest BCUT2D eigenvalue weighted by Crippen LogP contribution is 2.21. The van der Waals surface area contributed by atoms with Gasteiger partial charge in [0.15, 0.2) is 6.29 Å². The minimum Gasteiger partial charge on any atom is -0.354 e. The molecule has 0 bridgehead atoms. The Balaban J connectivity index is 1.47. The quantitative estimate of drug-likeness (QED) is 0.802. The van der Waals surface area contributed by atoms with Crippen molar-refractivity contribution in [1.29, 1.82) is 0 Å². The molecule has 1 aromatic carbocycles. The number of nitrogens with one attached hydrogen (secondary N) is 1. The topological polar surface area (TPSA) is 84.9 Å². The Morgan fingerprint density at radius 2 is 1.74 bits per heavy atom. The van der Waals surface area contributed by atoms with E-state index in [9.17, 15) is 14.4 Å². The lowest BCUT2D eigenvalue weighted by atomic mass is 10.1. The third-order valence-corrected chi connectivity index (χ3v) is 3.78. The fraction of sp³-hybridized carbons (Fsp3) is 0.438. The number of amides is 3. The highest BCUT2D eigenvalue weighted by Gasteiger charge is 2.34. The van der Waals surface area contributed by atoms with Crippen LogP contribution < -0.4 is 5.32 Å². The molecule has 3 rings (SSSR count). The zero-order valence-corrected chi connectivity index (χ0v) is 12.6. The average molecular weight is 318 g/mol. The third kappa shape index (κ3) is 3.40. The fourth-order valence-corrected chi connectivity index (χ4v) is 2.63. The van der Waals surface area contributed by atoms with Crippen molar-refractivity contribution in [1.82, 2.24) is 10.2 Å². The highest BCUT2D eigenvalue weighted by atomic mass is 16.7. The van der Waals surface area contributed by atoms with E-state index in [4.69, 9.17) is 9.47 Å². The third-order valence-electron chi connectivity index (χ3n) is 3.78. The summed E-state index contributed by atoms with van der Waals surface area (Å²) in [5.74, 6) is -0.869. The second-order valence-electron chi connectivity index (χ2n) is 5.39. The molecule has 3 amide bonds. The number of ether oxygens (including phenoxy) is 2. The van der Waals surface area contributed by atoms with Crippen molar-refractivity contribution in [3.63, 3.8) is 0 Å². The number of hydrogen-bond donors (Lipinski definition) is 1. The van der Waals surface area contributed by atoms with E-state index >= 15 is 0 Å².